The fraction of sp³-hybridized carbons (Fsp3) is 0.471. The van der Waals surface area contributed by atoms with E-state index in [0.717, 1.165) is 54.8 Å². The molecule has 0 aliphatic carbocycles. The van der Waals surface area contributed by atoms with Gasteiger partial charge >= 0.3 is 0 Å². The first-order valence-corrected chi connectivity index (χ1v) is 9.49. The van der Waals surface area contributed by atoms with Crippen molar-refractivity contribution in [1.29, 1.82) is 0 Å². The van der Waals surface area contributed by atoms with Gasteiger partial charge in [0.05, 0.1) is 30.9 Å². The summed E-state index contributed by atoms with van der Waals surface area (Å²) in [6.45, 7) is 4.90. The van der Waals surface area contributed by atoms with Crippen molar-refractivity contribution in [2.45, 2.75) is 12.6 Å². The van der Waals surface area contributed by atoms with Crippen molar-refractivity contribution in [2.24, 2.45) is 0 Å². The van der Waals surface area contributed by atoms with Crippen molar-refractivity contribution in [2.75, 3.05) is 44.0 Å². The predicted molar refractivity (Wildman–Crippen MR) is 98.9 cm³/mol. The number of nitrogens with one attached hydrogen (secondary N) is 1. The molecule has 24 heavy (non-hydrogen) atoms. The van der Waals surface area contributed by atoms with Crippen LogP contribution in [0.4, 0.5) is 5.69 Å². The van der Waals surface area contributed by atoms with E-state index in [-0.39, 0.29) is 5.88 Å². The van der Waals surface area contributed by atoms with Gasteiger partial charge in [-0.15, -0.1) is 22.9 Å². The van der Waals surface area contributed by atoms with E-state index in [1.54, 1.807) is 11.3 Å². The van der Waals surface area contributed by atoms with Crippen molar-refractivity contribution in [3.63, 3.8) is 0 Å². The lowest BCUT2D eigenvalue weighted by atomic mass is 10.2. The highest BCUT2D eigenvalue weighted by Gasteiger charge is 2.13. The molecule has 0 spiro atoms. The average molecular weight is 368 g/mol. The van der Waals surface area contributed by atoms with Gasteiger partial charge in [0.15, 0.2) is 0 Å². The number of hydrogen-bond donors (Lipinski definition) is 2. The van der Waals surface area contributed by atoms with Gasteiger partial charge in [0.1, 0.15) is 5.01 Å². The fourth-order valence-electron chi connectivity index (χ4n) is 2.52. The zero-order chi connectivity index (χ0) is 16.8. The topological polar surface area (TPSA) is 57.6 Å². The molecule has 0 radical (unpaired) electrons. The lowest BCUT2D eigenvalue weighted by molar-refractivity contribution is 0.0337. The monoisotopic (exact) mass is 367 g/mol. The minimum absolute atomic E-state index is 0.232. The quantitative estimate of drug-likeness (QED) is 0.737. The van der Waals surface area contributed by atoms with Gasteiger partial charge in [-0.05, 0) is 24.3 Å². The second-order valence-electron chi connectivity index (χ2n) is 5.80. The zero-order valence-corrected chi connectivity index (χ0v) is 15.0. The number of nitrogens with zero attached hydrogens (tertiary/aromatic N) is 2. The molecule has 1 aromatic heterocycles. The maximum Gasteiger partial charge on any atom is 0.123 e. The number of anilines is 1. The van der Waals surface area contributed by atoms with E-state index in [9.17, 15) is 5.11 Å². The molecule has 130 valence electrons. The second kappa shape index (κ2) is 8.78. The van der Waals surface area contributed by atoms with Gasteiger partial charge in [-0.1, -0.05) is 0 Å². The van der Waals surface area contributed by atoms with E-state index < -0.39 is 6.10 Å². The van der Waals surface area contributed by atoms with Crippen LogP contribution in [0.15, 0.2) is 29.6 Å². The van der Waals surface area contributed by atoms with Crippen LogP contribution in [0.25, 0.3) is 10.6 Å². The van der Waals surface area contributed by atoms with Crippen molar-refractivity contribution in [3.8, 4) is 10.6 Å². The molecule has 0 bridgehead atoms. The first-order chi connectivity index (χ1) is 11.7. The first kappa shape index (κ1) is 17.6. The van der Waals surface area contributed by atoms with E-state index in [0.29, 0.717) is 6.54 Å². The number of morpholine rings is 1. The fourth-order valence-corrected chi connectivity index (χ4v) is 3.45. The lowest BCUT2D eigenvalue weighted by Crippen LogP contribution is -2.35. The van der Waals surface area contributed by atoms with Crippen LogP contribution in [0.1, 0.15) is 5.69 Å². The van der Waals surface area contributed by atoms with E-state index in [2.05, 4.69) is 15.6 Å². The molecule has 1 fully saturated rings. The summed E-state index contributed by atoms with van der Waals surface area (Å²) in [4.78, 5) is 7.12. The second-order valence-corrected chi connectivity index (χ2v) is 6.97. The minimum atomic E-state index is -0.534. The van der Waals surface area contributed by atoms with Crippen LogP contribution in [-0.2, 0) is 11.3 Å². The molecule has 0 saturated carbocycles. The number of aromatic nitrogens is 1. The lowest BCUT2D eigenvalue weighted by Gasteiger charge is -2.25. The molecule has 5 nitrogen and oxygen atoms in total. The van der Waals surface area contributed by atoms with Gasteiger partial charge < -0.3 is 15.2 Å². The summed E-state index contributed by atoms with van der Waals surface area (Å²) in [7, 11) is 0. The van der Waals surface area contributed by atoms with Crippen LogP contribution in [0.3, 0.4) is 0 Å². The van der Waals surface area contributed by atoms with Crippen LogP contribution >= 0.6 is 22.9 Å². The summed E-state index contributed by atoms with van der Waals surface area (Å²) in [6.07, 6.45) is -0.534. The summed E-state index contributed by atoms with van der Waals surface area (Å²) < 4.78 is 5.38. The number of thiazole rings is 1. The molecule has 7 heteroatoms. The third-order valence-electron chi connectivity index (χ3n) is 3.89. The third-order valence-corrected chi connectivity index (χ3v) is 5.19. The van der Waals surface area contributed by atoms with E-state index in [4.69, 9.17) is 21.3 Å². The Labute approximate surface area is 151 Å². The normalized spacial score (nSPS) is 16.9. The first-order valence-electron chi connectivity index (χ1n) is 8.07. The Kier molecular flexibility index (Phi) is 6.45. The van der Waals surface area contributed by atoms with E-state index in [1.165, 1.54) is 0 Å². The highest BCUT2D eigenvalue weighted by Crippen LogP contribution is 2.25. The smallest absolute Gasteiger partial charge is 0.123 e. The summed E-state index contributed by atoms with van der Waals surface area (Å²) >= 11 is 7.26. The SMILES string of the molecule is OC(CCl)CNc1ccc(-c2nc(CN3CCOCC3)cs2)cc1. The van der Waals surface area contributed by atoms with Crippen LogP contribution in [0.5, 0.6) is 0 Å². The number of aliphatic hydroxyl groups excluding tert-OH is 1. The summed E-state index contributed by atoms with van der Waals surface area (Å²) in [5, 5.41) is 15.8. The summed E-state index contributed by atoms with van der Waals surface area (Å²) in [5.74, 6) is 0.232. The standard InChI is InChI=1S/C17H22ClN3O2S/c18-9-16(22)10-19-14-3-1-13(2-4-14)17-20-15(12-24-17)11-21-5-7-23-8-6-21/h1-4,12,16,19,22H,5-11H2. The van der Waals surface area contributed by atoms with Gasteiger partial charge in [-0.2, -0.15) is 0 Å². The molecule has 2 aromatic rings. The number of aliphatic hydroxyl groups is 1. The Bertz CT molecular complexity index is 629. The van der Waals surface area contributed by atoms with Crippen molar-refractivity contribution in [3.05, 3.63) is 35.3 Å². The Morgan fingerprint density at radius 3 is 2.75 bits per heavy atom. The van der Waals surface area contributed by atoms with Crippen molar-refractivity contribution < 1.29 is 9.84 Å². The zero-order valence-electron chi connectivity index (χ0n) is 13.4. The molecule has 2 heterocycles. The molecular weight excluding hydrogens is 346 g/mol. The molecule has 2 N–H and O–H groups in total. The molecule has 3 rings (SSSR count). The van der Waals surface area contributed by atoms with E-state index >= 15 is 0 Å². The van der Waals surface area contributed by atoms with Crippen molar-refractivity contribution >= 4 is 28.6 Å². The van der Waals surface area contributed by atoms with Crippen molar-refractivity contribution in [1.82, 2.24) is 9.88 Å². The highest BCUT2D eigenvalue weighted by atomic mass is 35.5. The summed E-state index contributed by atoms with van der Waals surface area (Å²) in [5.41, 5.74) is 3.19. The van der Waals surface area contributed by atoms with Gasteiger partial charge in [0.25, 0.3) is 0 Å². The Morgan fingerprint density at radius 1 is 1.29 bits per heavy atom. The number of hydrogen-bond acceptors (Lipinski definition) is 6. The maximum absolute atomic E-state index is 9.47. The third kappa shape index (κ3) is 4.91. The maximum atomic E-state index is 9.47. The largest absolute Gasteiger partial charge is 0.390 e. The predicted octanol–water partition coefficient (Wildman–Crippen LogP) is 2.65. The molecular formula is C17H22ClN3O2S. The molecule has 1 aromatic carbocycles. The number of halogens is 1. The Balaban J connectivity index is 1.58. The molecule has 1 aliphatic heterocycles. The van der Waals surface area contributed by atoms with Crippen LogP contribution in [-0.4, -0.2) is 59.8 Å². The molecule has 1 atom stereocenters. The van der Waals surface area contributed by atoms with Crippen LogP contribution in [0, 0.1) is 0 Å². The van der Waals surface area contributed by atoms with Crippen LogP contribution < -0.4 is 5.32 Å². The molecule has 1 saturated heterocycles. The number of benzene rings is 1. The van der Waals surface area contributed by atoms with E-state index in [1.807, 2.05) is 24.3 Å². The number of alkyl halides is 1. The Hall–Kier alpha value is -1.18. The average Bonchev–Trinajstić information content (AvgIpc) is 3.09. The van der Waals surface area contributed by atoms with Gasteiger partial charge in [-0.3, -0.25) is 4.90 Å². The summed E-state index contributed by atoms with van der Waals surface area (Å²) in [6, 6.07) is 8.10. The number of rotatable bonds is 7. The van der Waals surface area contributed by atoms with Gasteiger partial charge in [-0.25, -0.2) is 4.98 Å². The van der Waals surface area contributed by atoms with Crippen LogP contribution in [0.2, 0.25) is 0 Å². The molecule has 1 aliphatic rings. The highest BCUT2D eigenvalue weighted by molar-refractivity contribution is 7.13. The Morgan fingerprint density at radius 2 is 2.04 bits per heavy atom. The molecule has 1 unspecified atom stereocenters. The minimum Gasteiger partial charge on any atom is -0.390 e. The van der Waals surface area contributed by atoms with Gasteiger partial charge in [0.2, 0.25) is 0 Å². The molecule has 0 amide bonds. The van der Waals surface area contributed by atoms with Gasteiger partial charge in [0, 0.05) is 42.8 Å². The number of ether oxygens (including phenoxy) is 1.